The van der Waals surface area contributed by atoms with Crippen LogP contribution in [0, 0.1) is 0 Å². The highest BCUT2D eigenvalue weighted by Crippen LogP contribution is 2.25. The van der Waals surface area contributed by atoms with Crippen LogP contribution in [-0.2, 0) is 17.8 Å². The summed E-state index contributed by atoms with van der Waals surface area (Å²) < 4.78 is 25.1. The molecule has 3 rings (SSSR count). The molecule has 2 heterocycles. The van der Waals surface area contributed by atoms with Gasteiger partial charge >= 0.3 is 0 Å². The van der Waals surface area contributed by atoms with Crippen LogP contribution >= 0.6 is 0 Å². The van der Waals surface area contributed by atoms with E-state index in [0.717, 1.165) is 35.9 Å². The lowest BCUT2D eigenvalue weighted by molar-refractivity contribution is 0.173. The lowest BCUT2D eigenvalue weighted by Crippen LogP contribution is -2.42. The van der Waals surface area contributed by atoms with Crippen LogP contribution in [0.3, 0.4) is 0 Å². The molecule has 0 aliphatic carbocycles. The van der Waals surface area contributed by atoms with E-state index in [1.165, 1.54) is 0 Å². The van der Waals surface area contributed by atoms with Crippen molar-refractivity contribution in [3.63, 3.8) is 0 Å². The van der Waals surface area contributed by atoms with Gasteiger partial charge in [-0.2, -0.15) is 5.10 Å². The average Bonchev–Trinajstić information content (AvgIpc) is 3.04. The van der Waals surface area contributed by atoms with Gasteiger partial charge in [0.1, 0.15) is 18.1 Å². The largest absolute Gasteiger partial charge is 0.494 e. The smallest absolute Gasteiger partial charge is 0.119 e. The molecular weight excluding hydrogens is 338 g/mol. The van der Waals surface area contributed by atoms with Gasteiger partial charge in [0.05, 0.1) is 12.8 Å². The van der Waals surface area contributed by atoms with Gasteiger partial charge in [-0.05, 0) is 31.2 Å². The summed E-state index contributed by atoms with van der Waals surface area (Å²) in [6, 6.07) is 7.83. The summed E-state index contributed by atoms with van der Waals surface area (Å²) in [6.45, 7) is 4.83. The monoisotopic (exact) mass is 363 g/mol. The SMILES string of the molecule is CCOc1ccc(OCCN2CCS(=O)CC2c2cnn(C)c2)cc1. The molecular formula is C18H25N3O3S. The topological polar surface area (TPSA) is 56.6 Å². The summed E-state index contributed by atoms with van der Waals surface area (Å²) in [6.07, 6.45) is 3.88. The molecule has 0 N–H and O–H groups in total. The third-order valence-electron chi connectivity index (χ3n) is 4.28. The maximum Gasteiger partial charge on any atom is 0.119 e. The van der Waals surface area contributed by atoms with Gasteiger partial charge in [-0.1, -0.05) is 0 Å². The molecule has 2 atom stereocenters. The van der Waals surface area contributed by atoms with Crippen molar-refractivity contribution < 1.29 is 13.7 Å². The van der Waals surface area contributed by atoms with E-state index in [2.05, 4.69) is 10.00 Å². The quantitative estimate of drug-likeness (QED) is 0.753. The Hall–Kier alpha value is -1.86. The summed E-state index contributed by atoms with van der Waals surface area (Å²) in [7, 11) is 1.14. The zero-order chi connectivity index (χ0) is 17.6. The van der Waals surface area contributed by atoms with Gasteiger partial charge in [0.15, 0.2) is 0 Å². The van der Waals surface area contributed by atoms with Crippen LogP contribution < -0.4 is 9.47 Å². The van der Waals surface area contributed by atoms with E-state index in [4.69, 9.17) is 9.47 Å². The van der Waals surface area contributed by atoms with Crippen LogP contribution in [-0.4, -0.2) is 56.7 Å². The Morgan fingerprint density at radius 2 is 1.96 bits per heavy atom. The number of benzene rings is 1. The van der Waals surface area contributed by atoms with Crippen molar-refractivity contribution in [1.29, 1.82) is 0 Å². The molecule has 1 aliphatic heterocycles. The number of hydrogen-bond acceptors (Lipinski definition) is 5. The minimum atomic E-state index is -0.762. The predicted octanol–water partition coefficient (Wildman–Crippen LogP) is 2.00. The molecule has 7 heteroatoms. The third kappa shape index (κ3) is 4.83. The summed E-state index contributed by atoms with van der Waals surface area (Å²) in [4.78, 5) is 2.34. The number of rotatable bonds is 7. The maximum atomic E-state index is 12.0. The fourth-order valence-electron chi connectivity index (χ4n) is 3.01. The number of ether oxygens (including phenoxy) is 2. The van der Waals surface area contributed by atoms with Crippen LogP contribution in [0.1, 0.15) is 18.5 Å². The Balaban J connectivity index is 1.56. The second kappa shape index (κ2) is 8.49. The second-order valence-corrected chi connectivity index (χ2v) is 7.68. The molecule has 1 saturated heterocycles. The highest BCUT2D eigenvalue weighted by atomic mass is 32.2. The van der Waals surface area contributed by atoms with Gasteiger partial charge in [-0.3, -0.25) is 13.8 Å². The van der Waals surface area contributed by atoms with E-state index in [0.29, 0.717) is 19.0 Å². The number of hydrogen-bond donors (Lipinski definition) is 0. The molecule has 6 nitrogen and oxygen atoms in total. The standard InChI is InChI=1S/C18H25N3O3S/c1-3-23-16-4-6-17(7-5-16)24-10-8-21-9-11-25(22)14-18(21)15-12-19-20(2)13-15/h4-7,12-13,18H,3,8-11,14H2,1-2H3. The number of aryl methyl sites for hydroxylation is 1. The van der Waals surface area contributed by atoms with E-state index >= 15 is 0 Å². The van der Waals surface area contributed by atoms with Crippen molar-refractivity contribution in [2.24, 2.45) is 7.05 Å². The third-order valence-corrected chi connectivity index (χ3v) is 5.61. The first-order chi connectivity index (χ1) is 12.2. The lowest BCUT2D eigenvalue weighted by Gasteiger charge is -2.34. The fourth-order valence-corrected chi connectivity index (χ4v) is 4.37. The maximum absolute atomic E-state index is 12.0. The van der Waals surface area contributed by atoms with Gasteiger partial charge in [0.2, 0.25) is 0 Å². The molecule has 1 aromatic carbocycles. The van der Waals surface area contributed by atoms with Crippen molar-refractivity contribution >= 4 is 10.8 Å². The lowest BCUT2D eigenvalue weighted by atomic mass is 10.1. The molecule has 1 fully saturated rings. The molecule has 0 radical (unpaired) electrons. The molecule has 0 saturated carbocycles. The van der Waals surface area contributed by atoms with Gasteiger partial charge in [-0.25, -0.2) is 0 Å². The normalized spacial score (nSPS) is 21.2. The fraction of sp³-hybridized carbons (Fsp3) is 0.500. The van der Waals surface area contributed by atoms with Crippen molar-refractivity contribution in [3.05, 3.63) is 42.2 Å². The van der Waals surface area contributed by atoms with E-state index in [1.807, 2.05) is 50.6 Å². The summed E-state index contributed by atoms with van der Waals surface area (Å²) in [5.74, 6) is 3.07. The first kappa shape index (κ1) is 17.9. The van der Waals surface area contributed by atoms with Gasteiger partial charge < -0.3 is 9.47 Å². The Bertz CT molecular complexity index is 702. The van der Waals surface area contributed by atoms with Crippen LogP contribution in [0.5, 0.6) is 11.5 Å². The molecule has 0 bridgehead atoms. The van der Waals surface area contributed by atoms with Gasteiger partial charge in [0.25, 0.3) is 0 Å². The van der Waals surface area contributed by atoms with Crippen molar-refractivity contribution in [2.75, 3.05) is 37.8 Å². The minimum Gasteiger partial charge on any atom is -0.494 e. The minimum absolute atomic E-state index is 0.146. The van der Waals surface area contributed by atoms with E-state index in [1.54, 1.807) is 4.68 Å². The number of aromatic nitrogens is 2. The van der Waals surface area contributed by atoms with Crippen LogP contribution in [0.15, 0.2) is 36.7 Å². The van der Waals surface area contributed by atoms with Crippen molar-refractivity contribution in [3.8, 4) is 11.5 Å². The highest BCUT2D eigenvalue weighted by molar-refractivity contribution is 7.85. The van der Waals surface area contributed by atoms with E-state index in [9.17, 15) is 4.21 Å². The molecule has 1 aromatic heterocycles. The molecule has 136 valence electrons. The van der Waals surface area contributed by atoms with Crippen LogP contribution in [0.25, 0.3) is 0 Å². The predicted molar refractivity (Wildman–Crippen MR) is 98.5 cm³/mol. The Morgan fingerprint density at radius 3 is 2.60 bits per heavy atom. The molecule has 25 heavy (non-hydrogen) atoms. The molecule has 1 aliphatic rings. The number of nitrogens with zero attached hydrogens (tertiary/aromatic N) is 3. The molecule has 0 amide bonds. The van der Waals surface area contributed by atoms with Crippen LogP contribution in [0.2, 0.25) is 0 Å². The van der Waals surface area contributed by atoms with Gasteiger partial charge in [-0.15, -0.1) is 0 Å². The molecule has 2 aromatic rings. The van der Waals surface area contributed by atoms with Gasteiger partial charge in [0, 0.05) is 60.2 Å². The summed E-state index contributed by atoms with van der Waals surface area (Å²) >= 11 is 0. The van der Waals surface area contributed by atoms with E-state index in [-0.39, 0.29) is 6.04 Å². The summed E-state index contributed by atoms with van der Waals surface area (Å²) in [5, 5.41) is 4.25. The Kier molecular flexibility index (Phi) is 6.09. The van der Waals surface area contributed by atoms with Crippen molar-refractivity contribution in [2.45, 2.75) is 13.0 Å². The first-order valence-electron chi connectivity index (χ1n) is 8.59. The van der Waals surface area contributed by atoms with Crippen molar-refractivity contribution in [1.82, 2.24) is 14.7 Å². The highest BCUT2D eigenvalue weighted by Gasteiger charge is 2.28. The van der Waals surface area contributed by atoms with E-state index < -0.39 is 10.8 Å². The Labute approximate surface area is 151 Å². The zero-order valence-corrected chi connectivity index (χ0v) is 15.6. The average molecular weight is 363 g/mol. The molecule has 0 spiro atoms. The Morgan fingerprint density at radius 1 is 1.24 bits per heavy atom. The summed E-state index contributed by atoms with van der Waals surface area (Å²) in [5.41, 5.74) is 1.12. The second-order valence-electron chi connectivity index (χ2n) is 6.06. The first-order valence-corrected chi connectivity index (χ1v) is 10.1. The zero-order valence-electron chi connectivity index (χ0n) is 14.8. The van der Waals surface area contributed by atoms with Crippen LogP contribution in [0.4, 0.5) is 0 Å². The molecule has 2 unspecified atom stereocenters.